The zero-order valence-corrected chi connectivity index (χ0v) is 10.1. The fraction of sp³-hybridized carbons (Fsp3) is 0.500. The predicted molar refractivity (Wildman–Crippen MR) is 63.8 cm³/mol. The summed E-state index contributed by atoms with van der Waals surface area (Å²) in [5.41, 5.74) is 2.24. The summed E-state index contributed by atoms with van der Waals surface area (Å²) in [6, 6.07) is 6.11. The van der Waals surface area contributed by atoms with Crippen molar-refractivity contribution in [2.45, 2.75) is 45.4 Å². The van der Waals surface area contributed by atoms with E-state index in [1.54, 1.807) is 0 Å². The highest BCUT2D eigenvalue weighted by Crippen LogP contribution is 2.42. The molecule has 2 nitrogen and oxygen atoms in total. The highest BCUT2D eigenvalue weighted by molar-refractivity contribution is 5.86. The molecule has 16 heavy (non-hydrogen) atoms. The number of ether oxygens (including phenoxy) is 1. The van der Waals surface area contributed by atoms with Crippen LogP contribution in [-0.2, 0) is 4.79 Å². The molecular formula is C14H18O2. The number of hydrogen-bond donors (Lipinski definition) is 0. The molecule has 1 aliphatic rings. The number of carbonyl (C=O) groups excluding carboxylic acids is 1. The molecule has 0 fully saturated rings. The van der Waals surface area contributed by atoms with Crippen LogP contribution in [0.15, 0.2) is 18.2 Å². The zero-order chi connectivity index (χ0) is 11.7. The van der Waals surface area contributed by atoms with E-state index in [9.17, 15) is 4.79 Å². The lowest BCUT2D eigenvalue weighted by atomic mass is 9.91. The van der Waals surface area contributed by atoms with E-state index in [0.29, 0.717) is 5.92 Å². The zero-order valence-electron chi connectivity index (χ0n) is 10.1. The molecule has 2 heteroatoms. The Labute approximate surface area is 96.6 Å². The Morgan fingerprint density at radius 2 is 2.12 bits per heavy atom. The number of hydrogen-bond acceptors (Lipinski definition) is 2. The molecule has 0 aromatic heterocycles. The van der Waals surface area contributed by atoms with E-state index < -0.39 is 0 Å². The van der Waals surface area contributed by atoms with Crippen LogP contribution in [0.3, 0.4) is 0 Å². The van der Waals surface area contributed by atoms with E-state index in [4.69, 9.17) is 4.74 Å². The van der Waals surface area contributed by atoms with Gasteiger partial charge in [0, 0.05) is 5.56 Å². The molecule has 0 bridgehead atoms. The van der Waals surface area contributed by atoms with Gasteiger partial charge in [-0.1, -0.05) is 39.0 Å². The molecular weight excluding hydrogens is 200 g/mol. The van der Waals surface area contributed by atoms with Crippen LogP contribution in [0.5, 0.6) is 5.75 Å². The summed E-state index contributed by atoms with van der Waals surface area (Å²) >= 11 is 0. The minimum Gasteiger partial charge on any atom is -0.425 e. The van der Waals surface area contributed by atoms with Crippen molar-refractivity contribution in [3.8, 4) is 5.75 Å². The molecule has 1 aromatic rings. The molecule has 1 aliphatic heterocycles. The Hall–Kier alpha value is -1.31. The van der Waals surface area contributed by atoms with Gasteiger partial charge in [-0.05, 0) is 24.3 Å². The van der Waals surface area contributed by atoms with Gasteiger partial charge in [0.25, 0.3) is 0 Å². The van der Waals surface area contributed by atoms with Gasteiger partial charge in [-0.25, -0.2) is 0 Å². The van der Waals surface area contributed by atoms with Crippen molar-refractivity contribution in [2.24, 2.45) is 0 Å². The van der Waals surface area contributed by atoms with E-state index in [1.165, 1.54) is 5.56 Å². The van der Waals surface area contributed by atoms with Crippen LogP contribution < -0.4 is 4.74 Å². The highest BCUT2D eigenvalue weighted by Gasteiger charge is 2.33. The van der Waals surface area contributed by atoms with Gasteiger partial charge in [-0.3, -0.25) is 4.79 Å². The van der Waals surface area contributed by atoms with Crippen molar-refractivity contribution in [3.05, 3.63) is 29.3 Å². The van der Waals surface area contributed by atoms with Crippen molar-refractivity contribution >= 4 is 5.97 Å². The number of benzene rings is 1. The molecule has 0 aliphatic carbocycles. The first kappa shape index (κ1) is 11.2. The van der Waals surface area contributed by atoms with Crippen LogP contribution in [0.25, 0.3) is 0 Å². The van der Waals surface area contributed by atoms with Crippen LogP contribution in [-0.4, -0.2) is 5.97 Å². The van der Waals surface area contributed by atoms with Gasteiger partial charge in [0.2, 0.25) is 0 Å². The Bertz CT molecular complexity index is 409. The monoisotopic (exact) mass is 218 g/mol. The number of fused-ring (bicyclic) bond motifs is 1. The molecule has 86 valence electrons. The molecule has 1 aromatic carbocycles. The van der Waals surface area contributed by atoms with E-state index in [2.05, 4.69) is 19.9 Å². The Morgan fingerprint density at radius 1 is 1.38 bits per heavy atom. The number of para-hydroxylation sites is 1. The molecule has 0 amide bonds. The molecule has 0 N–H and O–H groups in total. The smallest absolute Gasteiger partial charge is 0.318 e. The molecule has 0 spiro atoms. The Kier molecular flexibility index (Phi) is 2.99. The van der Waals surface area contributed by atoms with Gasteiger partial charge in [0.05, 0.1) is 5.92 Å². The summed E-state index contributed by atoms with van der Waals surface area (Å²) in [6.07, 6.45) is 1.88. The molecule has 0 radical (unpaired) electrons. The van der Waals surface area contributed by atoms with Crippen LogP contribution >= 0.6 is 0 Å². The van der Waals surface area contributed by atoms with Crippen molar-refractivity contribution in [2.75, 3.05) is 0 Å². The maximum Gasteiger partial charge on any atom is 0.318 e. The maximum absolute atomic E-state index is 11.7. The lowest BCUT2D eigenvalue weighted by Crippen LogP contribution is -2.08. The summed E-state index contributed by atoms with van der Waals surface area (Å²) in [5, 5.41) is 0. The molecule has 0 saturated heterocycles. The van der Waals surface area contributed by atoms with Gasteiger partial charge in [0.1, 0.15) is 5.75 Å². The number of carbonyl (C=O) groups is 1. The third-order valence-electron chi connectivity index (χ3n) is 3.49. The predicted octanol–water partition coefficient (Wildman–Crippen LogP) is 3.61. The van der Waals surface area contributed by atoms with E-state index in [0.717, 1.165) is 24.2 Å². The second kappa shape index (κ2) is 4.28. The van der Waals surface area contributed by atoms with E-state index >= 15 is 0 Å². The first-order valence-electron chi connectivity index (χ1n) is 6.03. The minimum absolute atomic E-state index is 0.0565. The SMILES string of the molecule is CCC(C)c1cccc2c1OC(=O)C2CC. The van der Waals surface area contributed by atoms with Gasteiger partial charge < -0.3 is 4.74 Å². The normalized spacial score (nSPS) is 20.4. The Balaban J connectivity index is 2.47. The van der Waals surface area contributed by atoms with E-state index in [-0.39, 0.29) is 11.9 Å². The average molecular weight is 218 g/mol. The Morgan fingerprint density at radius 3 is 2.75 bits per heavy atom. The summed E-state index contributed by atoms with van der Waals surface area (Å²) in [6.45, 7) is 6.35. The molecule has 0 saturated carbocycles. The molecule has 1 heterocycles. The van der Waals surface area contributed by atoms with Crippen LogP contribution in [0, 0.1) is 0 Å². The van der Waals surface area contributed by atoms with Crippen LogP contribution in [0.2, 0.25) is 0 Å². The van der Waals surface area contributed by atoms with Crippen LogP contribution in [0.4, 0.5) is 0 Å². The third-order valence-corrected chi connectivity index (χ3v) is 3.49. The van der Waals surface area contributed by atoms with E-state index in [1.807, 2.05) is 19.1 Å². The van der Waals surface area contributed by atoms with Crippen molar-refractivity contribution in [1.82, 2.24) is 0 Å². The standard InChI is InChI=1S/C14H18O2/c1-4-9(3)11-7-6-8-12-10(5-2)14(15)16-13(11)12/h6-10H,4-5H2,1-3H3. The molecule has 2 unspecified atom stereocenters. The summed E-state index contributed by atoms with van der Waals surface area (Å²) in [7, 11) is 0. The van der Waals surface area contributed by atoms with Gasteiger partial charge in [-0.15, -0.1) is 0 Å². The second-order valence-electron chi connectivity index (χ2n) is 4.46. The first-order chi connectivity index (χ1) is 7.69. The van der Waals surface area contributed by atoms with Crippen molar-refractivity contribution in [1.29, 1.82) is 0 Å². The lowest BCUT2D eigenvalue weighted by Gasteiger charge is -2.12. The molecule has 2 rings (SSSR count). The lowest BCUT2D eigenvalue weighted by molar-refractivity contribution is -0.134. The highest BCUT2D eigenvalue weighted by atomic mass is 16.5. The molecule has 2 atom stereocenters. The van der Waals surface area contributed by atoms with Crippen molar-refractivity contribution < 1.29 is 9.53 Å². The van der Waals surface area contributed by atoms with Crippen molar-refractivity contribution in [3.63, 3.8) is 0 Å². The quantitative estimate of drug-likeness (QED) is 0.572. The van der Waals surface area contributed by atoms with Gasteiger partial charge >= 0.3 is 5.97 Å². The fourth-order valence-electron chi connectivity index (χ4n) is 2.26. The number of rotatable bonds is 3. The van der Waals surface area contributed by atoms with Gasteiger partial charge in [0.15, 0.2) is 0 Å². The van der Waals surface area contributed by atoms with Crippen LogP contribution in [0.1, 0.15) is 56.6 Å². The first-order valence-corrected chi connectivity index (χ1v) is 6.03. The average Bonchev–Trinajstić information content (AvgIpc) is 2.63. The minimum atomic E-state index is -0.0896. The third kappa shape index (κ3) is 1.62. The largest absolute Gasteiger partial charge is 0.425 e. The topological polar surface area (TPSA) is 26.3 Å². The van der Waals surface area contributed by atoms with Gasteiger partial charge in [-0.2, -0.15) is 0 Å². The fourth-order valence-corrected chi connectivity index (χ4v) is 2.26. The summed E-state index contributed by atoms with van der Waals surface area (Å²) in [4.78, 5) is 11.7. The second-order valence-corrected chi connectivity index (χ2v) is 4.46. The maximum atomic E-state index is 11.7. The summed E-state index contributed by atoms with van der Waals surface area (Å²) in [5.74, 6) is 1.12. The summed E-state index contributed by atoms with van der Waals surface area (Å²) < 4.78 is 5.43. The number of esters is 1.